The molecule has 0 aromatic heterocycles. The Bertz CT molecular complexity index is 216. The van der Waals surface area contributed by atoms with Crippen molar-refractivity contribution in [1.29, 1.82) is 0 Å². The molecule has 2 unspecified atom stereocenters. The number of hydrogen-bond donors (Lipinski definition) is 0. The molecule has 0 spiro atoms. The van der Waals surface area contributed by atoms with Gasteiger partial charge in [0.05, 0.1) is 5.41 Å². The molecule has 0 aromatic rings. The molecule has 0 aliphatic heterocycles. The van der Waals surface area contributed by atoms with Gasteiger partial charge in [0, 0.05) is 0 Å². The van der Waals surface area contributed by atoms with Crippen molar-refractivity contribution in [2.75, 3.05) is 0 Å². The van der Waals surface area contributed by atoms with E-state index in [2.05, 4.69) is 0 Å². The van der Waals surface area contributed by atoms with E-state index in [1.807, 2.05) is 13.8 Å². The lowest BCUT2D eigenvalue weighted by Gasteiger charge is -2.01. The minimum absolute atomic E-state index is 0.0648. The molecule has 1 aliphatic rings. The molecule has 1 rings (SSSR count). The van der Waals surface area contributed by atoms with Crippen molar-refractivity contribution >= 4 is 5.78 Å². The summed E-state index contributed by atoms with van der Waals surface area (Å²) in [4.78, 5) is 11.2. The summed E-state index contributed by atoms with van der Waals surface area (Å²) in [7, 11) is 0. The second kappa shape index (κ2) is 2.43. The van der Waals surface area contributed by atoms with E-state index in [0.717, 1.165) is 5.57 Å². The molecule has 62 valence electrons. The van der Waals surface area contributed by atoms with E-state index < -0.39 is 11.6 Å². The van der Waals surface area contributed by atoms with Crippen LogP contribution in [0, 0.1) is 5.41 Å². The number of carbonyl (C=O) groups is 1. The molecular formula is C9H13FO. The predicted molar refractivity (Wildman–Crippen MR) is 42.1 cm³/mol. The number of hydrogen-bond acceptors (Lipinski definition) is 1. The summed E-state index contributed by atoms with van der Waals surface area (Å²) in [6.45, 7) is 5.37. The fraction of sp³-hybridized carbons (Fsp3) is 0.667. The van der Waals surface area contributed by atoms with Gasteiger partial charge in [-0.05, 0) is 33.3 Å². The summed E-state index contributed by atoms with van der Waals surface area (Å²) in [6.07, 6.45) is 1.01. The molecule has 0 bridgehead atoms. The van der Waals surface area contributed by atoms with Crippen LogP contribution in [0.3, 0.4) is 0 Å². The van der Waals surface area contributed by atoms with E-state index in [0.29, 0.717) is 6.42 Å². The number of carbonyl (C=O) groups excluding carboxylic acids is 1. The fourth-order valence-corrected chi connectivity index (χ4v) is 0.995. The van der Waals surface area contributed by atoms with Crippen molar-refractivity contribution in [2.45, 2.75) is 33.4 Å². The van der Waals surface area contributed by atoms with Gasteiger partial charge in [0.1, 0.15) is 6.17 Å². The fourth-order valence-electron chi connectivity index (χ4n) is 0.995. The second-order valence-electron chi connectivity index (χ2n) is 3.68. The van der Waals surface area contributed by atoms with Crippen molar-refractivity contribution in [3.63, 3.8) is 0 Å². The lowest BCUT2D eigenvalue weighted by molar-refractivity contribution is -0.119. The standard InChI is InChI=1S/C9H13FO/c1-6(2)4-8(11)9(3)5-7(9)10/h4,7H,5H2,1-3H3. The van der Waals surface area contributed by atoms with Gasteiger partial charge in [-0.15, -0.1) is 0 Å². The Kier molecular flexibility index (Phi) is 1.87. The molecule has 2 heteroatoms. The third-order valence-corrected chi connectivity index (χ3v) is 2.12. The van der Waals surface area contributed by atoms with Crippen LogP contribution < -0.4 is 0 Å². The van der Waals surface area contributed by atoms with E-state index >= 15 is 0 Å². The van der Waals surface area contributed by atoms with Gasteiger partial charge < -0.3 is 0 Å². The van der Waals surface area contributed by atoms with Gasteiger partial charge >= 0.3 is 0 Å². The molecule has 1 aliphatic carbocycles. The molecule has 0 amide bonds. The largest absolute Gasteiger partial charge is 0.294 e. The van der Waals surface area contributed by atoms with Crippen LogP contribution >= 0.6 is 0 Å². The maximum absolute atomic E-state index is 12.6. The average Bonchev–Trinajstić information content (AvgIpc) is 2.40. The summed E-state index contributed by atoms with van der Waals surface area (Å²) >= 11 is 0. The van der Waals surface area contributed by atoms with Gasteiger partial charge in [-0.25, -0.2) is 4.39 Å². The number of alkyl halides is 1. The molecule has 1 fully saturated rings. The topological polar surface area (TPSA) is 17.1 Å². The van der Waals surface area contributed by atoms with Crippen LogP contribution in [0.5, 0.6) is 0 Å². The molecule has 0 radical (unpaired) electrons. The second-order valence-corrected chi connectivity index (χ2v) is 3.68. The van der Waals surface area contributed by atoms with Crippen LogP contribution in [0.1, 0.15) is 27.2 Å². The van der Waals surface area contributed by atoms with E-state index in [9.17, 15) is 9.18 Å². The molecule has 0 N–H and O–H groups in total. The SMILES string of the molecule is CC(C)=CC(=O)C1(C)CC1F. The first-order chi connectivity index (χ1) is 4.97. The van der Waals surface area contributed by atoms with Crippen LogP contribution in [0.2, 0.25) is 0 Å². The summed E-state index contributed by atoms with van der Waals surface area (Å²) in [5.41, 5.74) is 0.257. The molecule has 1 saturated carbocycles. The number of halogens is 1. The Hall–Kier alpha value is -0.660. The number of allylic oxidation sites excluding steroid dienone is 2. The Balaban J connectivity index is 2.64. The summed E-state index contributed by atoms with van der Waals surface area (Å²) in [5.74, 6) is -0.0648. The maximum atomic E-state index is 12.6. The van der Waals surface area contributed by atoms with Gasteiger partial charge in [0.25, 0.3) is 0 Å². The van der Waals surface area contributed by atoms with Crippen LogP contribution in [0.25, 0.3) is 0 Å². The first-order valence-corrected chi connectivity index (χ1v) is 3.80. The van der Waals surface area contributed by atoms with Gasteiger partial charge in [-0.2, -0.15) is 0 Å². The zero-order chi connectivity index (χ0) is 8.65. The molecule has 11 heavy (non-hydrogen) atoms. The highest BCUT2D eigenvalue weighted by Crippen LogP contribution is 2.49. The van der Waals surface area contributed by atoms with E-state index in [4.69, 9.17) is 0 Å². The predicted octanol–water partition coefficient (Wildman–Crippen LogP) is 2.27. The molecule has 2 atom stereocenters. The Morgan fingerprint density at radius 2 is 2.09 bits per heavy atom. The highest BCUT2D eigenvalue weighted by molar-refractivity contribution is 5.97. The van der Waals surface area contributed by atoms with Crippen LogP contribution in [0.4, 0.5) is 4.39 Å². The molecule has 1 nitrogen and oxygen atoms in total. The highest BCUT2D eigenvalue weighted by atomic mass is 19.1. The van der Waals surface area contributed by atoms with Crippen molar-refractivity contribution in [2.24, 2.45) is 5.41 Å². The van der Waals surface area contributed by atoms with Crippen molar-refractivity contribution in [3.05, 3.63) is 11.6 Å². The molecule has 0 aromatic carbocycles. The van der Waals surface area contributed by atoms with Gasteiger partial charge in [0.15, 0.2) is 5.78 Å². The molecule has 0 heterocycles. The minimum Gasteiger partial charge on any atom is -0.294 e. The maximum Gasteiger partial charge on any atom is 0.164 e. The lowest BCUT2D eigenvalue weighted by Crippen LogP contribution is -2.12. The van der Waals surface area contributed by atoms with Crippen LogP contribution in [-0.4, -0.2) is 12.0 Å². The zero-order valence-electron chi connectivity index (χ0n) is 7.15. The number of rotatable bonds is 2. The summed E-state index contributed by atoms with van der Waals surface area (Å²) in [6, 6.07) is 0. The number of ketones is 1. The minimum atomic E-state index is -0.911. The first-order valence-electron chi connectivity index (χ1n) is 3.80. The smallest absolute Gasteiger partial charge is 0.164 e. The molecule has 0 saturated heterocycles. The van der Waals surface area contributed by atoms with E-state index in [1.54, 1.807) is 6.92 Å². The van der Waals surface area contributed by atoms with Crippen molar-refractivity contribution in [3.8, 4) is 0 Å². The van der Waals surface area contributed by atoms with Crippen LogP contribution in [0.15, 0.2) is 11.6 Å². The van der Waals surface area contributed by atoms with E-state index in [-0.39, 0.29) is 5.78 Å². The van der Waals surface area contributed by atoms with Gasteiger partial charge in [0.2, 0.25) is 0 Å². The Morgan fingerprint density at radius 3 is 2.36 bits per heavy atom. The van der Waals surface area contributed by atoms with Crippen LogP contribution in [-0.2, 0) is 4.79 Å². The highest BCUT2D eigenvalue weighted by Gasteiger charge is 2.55. The Morgan fingerprint density at radius 1 is 1.64 bits per heavy atom. The average molecular weight is 156 g/mol. The van der Waals surface area contributed by atoms with Crippen molar-refractivity contribution < 1.29 is 9.18 Å². The summed E-state index contributed by atoms with van der Waals surface area (Å²) in [5, 5.41) is 0. The quantitative estimate of drug-likeness (QED) is 0.560. The van der Waals surface area contributed by atoms with Gasteiger partial charge in [-0.1, -0.05) is 5.57 Å². The first kappa shape index (κ1) is 8.44. The lowest BCUT2D eigenvalue weighted by atomic mass is 10.0. The molecular weight excluding hydrogens is 143 g/mol. The van der Waals surface area contributed by atoms with E-state index in [1.165, 1.54) is 6.08 Å². The third kappa shape index (κ3) is 1.50. The Labute approximate surface area is 66.3 Å². The summed E-state index contributed by atoms with van der Waals surface area (Å²) < 4.78 is 12.6. The van der Waals surface area contributed by atoms with Gasteiger partial charge in [-0.3, -0.25) is 4.79 Å². The normalized spacial score (nSPS) is 34.7. The zero-order valence-corrected chi connectivity index (χ0v) is 7.15. The van der Waals surface area contributed by atoms with Crippen molar-refractivity contribution in [1.82, 2.24) is 0 Å². The monoisotopic (exact) mass is 156 g/mol. The third-order valence-electron chi connectivity index (χ3n) is 2.12.